The van der Waals surface area contributed by atoms with Gasteiger partial charge in [0, 0.05) is 21.9 Å². The van der Waals surface area contributed by atoms with E-state index in [0.717, 1.165) is 5.56 Å². The monoisotopic (exact) mass is 463 g/mol. The Labute approximate surface area is 185 Å². The standard InChI is InChI=1S/C22H22ClNO4S2/c1-2-28-22(25)19(15-29-14-16-8-4-3-5-9-16)24-30(26,27)20-13-7-11-17-10-6-12-18(23)21(17)20/h3-13,19,24H,2,14-15H2,1H3. The summed E-state index contributed by atoms with van der Waals surface area (Å²) in [5, 5.41) is 1.46. The second kappa shape index (κ2) is 10.3. The Hall–Kier alpha value is -2.06. The first-order valence-electron chi connectivity index (χ1n) is 9.40. The molecule has 0 saturated heterocycles. The van der Waals surface area contributed by atoms with Crippen LogP contribution in [0, 0.1) is 0 Å². The highest BCUT2D eigenvalue weighted by Crippen LogP contribution is 2.30. The minimum Gasteiger partial charge on any atom is -0.465 e. The van der Waals surface area contributed by atoms with Crippen molar-refractivity contribution in [3.05, 3.63) is 77.3 Å². The Bertz CT molecular complexity index is 1120. The molecule has 1 atom stereocenters. The van der Waals surface area contributed by atoms with Gasteiger partial charge in [0.2, 0.25) is 10.0 Å². The first kappa shape index (κ1) is 22.6. The SMILES string of the molecule is CCOC(=O)C(CSCc1ccccc1)NS(=O)(=O)c1cccc2cccc(Cl)c12. The fraction of sp³-hybridized carbons (Fsp3) is 0.227. The number of carbonyl (C=O) groups excluding carboxylic acids is 1. The topological polar surface area (TPSA) is 72.5 Å². The average molecular weight is 464 g/mol. The fourth-order valence-electron chi connectivity index (χ4n) is 3.00. The maximum atomic E-state index is 13.2. The molecule has 0 bridgehead atoms. The normalized spacial score (nSPS) is 12.6. The van der Waals surface area contributed by atoms with Crippen LogP contribution in [0.4, 0.5) is 0 Å². The number of sulfonamides is 1. The van der Waals surface area contributed by atoms with Gasteiger partial charge in [0.25, 0.3) is 0 Å². The van der Waals surface area contributed by atoms with E-state index in [1.165, 1.54) is 17.8 Å². The van der Waals surface area contributed by atoms with Gasteiger partial charge in [0.1, 0.15) is 6.04 Å². The lowest BCUT2D eigenvalue weighted by molar-refractivity contribution is -0.144. The van der Waals surface area contributed by atoms with Crippen molar-refractivity contribution in [3.63, 3.8) is 0 Å². The molecule has 0 amide bonds. The molecular weight excluding hydrogens is 442 g/mol. The Kier molecular flexibility index (Phi) is 7.77. The summed E-state index contributed by atoms with van der Waals surface area (Å²) in [7, 11) is -4.02. The van der Waals surface area contributed by atoms with E-state index < -0.39 is 22.0 Å². The number of fused-ring (bicyclic) bond motifs is 1. The Balaban J connectivity index is 1.83. The number of carbonyl (C=O) groups is 1. The van der Waals surface area contributed by atoms with E-state index in [9.17, 15) is 13.2 Å². The first-order valence-corrected chi connectivity index (χ1v) is 12.4. The summed E-state index contributed by atoms with van der Waals surface area (Å²) in [5.74, 6) is 0.289. The molecule has 0 saturated carbocycles. The predicted octanol–water partition coefficient (Wildman–Crippen LogP) is 4.64. The molecule has 1 N–H and O–H groups in total. The molecule has 1 unspecified atom stereocenters. The molecule has 0 heterocycles. The third-order valence-corrected chi connectivity index (χ3v) is 7.31. The van der Waals surface area contributed by atoms with Crippen molar-refractivity contribution in [2.75, 3.05) is 12.4 Å². The lowest BCUT2D eigenvalue weighted by Crippen LogP contribution is -2.43. The summed E-state index contributed by atoms with van der Waals surface area (Å²) in [6.07, 6.45) is 0. The van der Waals surface area contributed by atoms with E-state index in [-0.39, 0.29) is 17.3 Å². The molecule has 0 fully saturated rings. The third kappa shape index (κ3) is 5.55. The summed E-state index contributed by atoms with van der Waals surface area (Å²) >= 11 is 7.74. The van der Waals surface area contributed by atoms with Gasteiger partial charge in [-0.05, 0) is 30.0 Å². The van der Waals surface area contributed by atoms with E-state index in [1.807, 2.05) is 30.3 Å². The van der Waals surface area contributed by atoms with Crippen molar-refractivity contribution in [2.24, 2.45) is 0 Å². The van der Waals surface area contributed by atoms with Crippen molar-refractivity contribution in [3.8, 4) is 0 Å². The van der Waals surface area contributed by atoms with Crippen LogP contribution in [0.3, 0.4) is 0 Å². The van der Waals surface area contributed by atoms with Crippen LogP contribution < -0.4 is 4.72 Å². The van der Waals surface area contributed by atoms with Crippen LogP contribution in [-0.2, 0) is 25.3 Å². The van der Waals surface area contributed by atoms with Gasteiger partial charge in [0.05, 0.1) is 11.5 Å². The van der Waals surface area contributed by atoms with Crippen LogP contribution in [0.1, 0.15) is 12.5 Å². The number of halogens is 1. The van der Waals surface area contributed by atoms with Gasteiger partial charge in [-0.15, -0.1) is 0 Å². The Morgan fingerprint density at radius 1 is 1.07 bits per heavy atom. The van der Waals surface area contributed by atoms with E-state index in [4.69, 9.17) is 16.3 Å². The van der Waals surface area contributed by atoms with Crippen LogP contribution in [0.2, 0.25) is 5.02 Å². The average Bonchev–Trinajstić information content (AvgIpc) is 2.74. The number of hydrogen-bond donors (Lipinski definition) is 1. The zero-order valence-corrected chi connectivity index (χ0v) is 18.8. The van der Waals surface area contributed by atoms with Crippen molar-refractivity contribution in [1.29, 1.82) is 0 Å². The minimum atomic E-state index is -4.02. The highest BCUT2D eigenvalue weighted by atomic mass is 35.5. The molecule has 3 rings (SSSR count). The lowest BCUT2D eigenvalue weighted by atomic mass is 10.1. The van der Waals surface area contributed by atoms with Crippen molar-refractivity contribution >= 4 is 50.1 Å². The summed E-state index contributed by atoms with van der Waals surface area (Å²) < 4.78 is 33.9. The van der Waals surface area contributed by atoms with Crippen LogP contribution in [0.15, 0.2) is 71.6 Å². The molecule has 8 heteroatoms. The van der Waals surface area contributed by atoms with Crippen LogP contribution in [-0.4, -0.2) is 32.8 Å². The van der Waals surface area contributed by atoms with Crippen LogP contribution in [0.5, 0.6) is 0 Å². The van der Waals surface area contributed by atoms with E-state index in [2.05, 4.69) is 4.72 Å². The molecule has 3 aromatic carbocycles. The zero-order chi connectivity index (χ0) is 21.6. The molecule has 0 aliphatic carbocycles. The Morgan fingerprint density at radius 3 is 2.47 bits per heavy atom. The summed E-state index contributed by atoms with van der Waals surface area (Å²) in [6, 6.07) is 18.9. The molecule has 30 heavy (non-hydrogen) atoms. The number of esters is 1. The zero-order valence-electron chi connectivity index (χ0n) is 16.4. The minimum absolute atomic E-state index is 0.0351. The molecule has 0 spiro atoms. The van der Waals surface area contributed by atoms with Gasteiger partial charge >= 0.3 is 5.97 Å². The van der Waals surface area contributed by atoms with Gasteiger partial charge in [-0.3, -0.25) is 4.79 Å². The summed E-state index contributed by atoms with van der Waals surface area (Å²) in [5.41, 5.74) is 1.09. The van der Waals surface area contributed by atoms with E-state index in [1.54, 1.807) is 37.3 Å². The molecule has 0 aliphatic rings. The number of rotatable bonds is 9. The quantitative estimate of drug-likeness (QED) is 0.468. The number of thioether (sulfide) groups is 1. The molecular formula is C22H22ClNO4S2. The second-order valence-electron chi connectivity index (χ2n) is 6.52. The Morgan fingerprint density at radius 2 is 1.77 bits per heavy atom. The third-order valence-electron chi connectivity index (χ3n) is 4.37. The maximum absolute atomic E-state index is 13.2. The van der Waals surface area contributed by atoms with Crippen LogP contribution in [0.25, 0.3) is 10.8 Å². The number of benzene rings is 3. The largest absolute Gasteiger partial charge is 0.465 e. The number of ether oxygens (including phenoxy) is 1. The van der Waals surface area contributed by atoms with Crippen molar-refractivity contribution in [1.82, 2.24) is 4.72 Å². The second-order valence-corrected chi connectivity index (χ2v) is 9.64. The van der Waals surface area contributed by atoms with Crippen molar-refractivity contribution < 1.29 is 17.9 Å². The first-order chi connectivity index (χ1) is 14.4. The summed E-state index contributed by atoms with van der Waals surface area (Å²) in [6.45, 7) is 1.85. The summed E-state index contributed by atoms with van der Waals surface area (Å²) in [4.78, 5) is 12.5. The molecule has 158 valence electrons. The van der Waals surface area contributed by atoms with Gasteiger partial charge in [-0.25, -0.2) is 8.42 Å². The van der Waals surface area contributed by atoms with Gasteiger partial charge < -0.3 is 4.74 Å². The molecule has 5 nitrogen and oxygen atoms in total. The van der Waals surface area contributed by atoms with Gasteiger partial charge in [-0.1, -0.05) is 66.2 Å². The molecule has 0 aromatic heterocycles. The smallest absolute Gasteiger partial charge is 0.325 e. The molecule has 0 aliphatic heterocycles. The van der Waals surface area contributed by atoms with Crippen LogP contribution >= 0.6 is 23.4 Å². The van der Waals surface area contributed by atoms with Gasteiger partial charge in [-0.2, -0.15) is 16.5 Å². The highest BCUT2D eigenvalue weighted by molar-refractivity contribution is 7.98. The lowest BCUT2D eigenvalue weighted by Gasteiger charge is -2.18. The van der Waals surface area contributed by atoms with Crippen molar-refractivity contribution in [2.45, 2.75) is 23.6 Å². The molecule has 3 aromatic rings. The maximum Gasteiger partial charge on any atom is 0.325 e. The molecule has 0 radical (unpaired) electrons. The number of hydrogen-bond acceptors (Lipinski definition) is 5. The van der Waals surface area contributed by atoms with Gasteiger partial charge in [0.15, 0.2) is 0 Å². The predicted molar refractivity (Wildman–Crippen MR) is 122 cm³/mol. The highest BCUT2D eigenvalue weighted by Gasteiger charge is 2.28. The fourth-order valence-corrected chi connectivity index (χ4v) is 5.88. The van der Waals surface area contributed by atoms with E-state index >= 15 is 0 Å². The van der Waals surface area contributed by atoms with E-state index in [0.29, 0.717) is 21.5 Å². The number of nitrogens with one attached hydrogen (secondary N) is 1.